The molecule has 3 heterocycles. The molecule has 2 aliphatic rings. The third kappa shape index (κ3) is 3.55. The first-order valence-corrected chi connectivity index (χ1v) is 9.39. The average Bonchev–Trinajstić information content (AvgIpc) is 3.35. The smallest absolute Gasteiger partial charge is 0.257 e. The Hall–Kier alpha value is -2.11. The molecule has 0 radical (unpaired) electrons. The molecule has 2 aliphatic heterocycles. The van der Waals surface area contributed by atoms with Crippen LogP contribution in [0, 0.1) is 5.92 Å². The second-order valence-electron chi connectivity index (χ2n) is 7.16. The zero-order valence-electron chi connectivity index (χ0n) is 14.8. The van der Waals surface area contributed by atoms with Crippen molar-refractivity contribution < 1.29 is 9.21 Å². The number of rotatable bonds is 4. The molecule has 1 fully saturated rings. The summed E-state index contributed by atoms with van der Waals surface area (Å²) in [4.78, 5) is 15.2. The molecule has 0 aliphatic carbocycles. The van der Waals surface area contributed by atoms with Crippen LogP contribution in [0.25, 0.3) is 0 Å². The van der Waals surface area contributed by atoms with Crippen LogP contribution in [0.15, 0.2) is 52.2 Å². The predicted octanol–water partition coefficient (Wildman–Crippen LogP) is 3.95. The van der Waals surface area contributed by atoms with Gasteiger partial charge in [-0.3, -0.25) is 9.69 Å². The number of furan rings is 1. The highest BCUT2D eigenvalue weighted by Gasteiger charge is 2.35. The molecular weight excluding hydrogens is 350 g/mol. The molecular formula is C20H22ClN3O2. The molecule has 0 N–H and O–H groups in total. The number of hydrogen-bond donors (Lipinski definition) is 0. The van der Waals surface area contributed by atoms with Crippen LogP contribution in [-0.2, 0) is 4.79 Å². The Morgan fingerprint density at radius 1 is 1.31 bits per heavy atom. The minimum absolute atomic E-state index is 0.0180. The summed E-state index contributed by atoms with van der Waals surface area (Å²) in [5, 5.41) is 6.95. The maximum absolute atomic E-state index is 13.0. The number of nitrogens with zero attached hydrogens (tertiary/aromatic N) is 3. The standard InChI is InChI=1S/C20H22ClN3O2/c1-14-8-9-23(12-14)13-20(25)24-18(19-3-2-10-26-19)11-17(22-24)15-4-6-16(21)7-5-15/h2-7,10,14,18H,8-9,11-13H2,1H3. The Balaban J connectivity index is 1.57. The highest BCUT2D eigenvalue weighted by molar-refractivity contribution is 6.30. The quantitative estimate of drug-likeness (QED) is 0.817. The topological polar surface area (TPSA) is 49.1 Å². The van der Waals surface area contributed by atoms with Crippen molar-refractivity contribution in [2.45, 2.75) is 25.8 Å². The monoisotopic (exact) mass is 371 g/mol. The number of hydrogen-bond acceptors (Lipinski definition) is 4. The minimum atomic E-state index is -0.191. The van der Waals surface area contributed by atoms with Gasteiger partial charge in [-0.1, -0.05) is 30.7 Å². The van der Waals surface area contributed by atoms with E-state index in [0.717, 1.165) is 36.5 Å². The lowest BCUT2D eigenvalue weighted by atomic mass is 10.0. The average molecular weight is 372 g/mol. The molecule has 1 saturated heterocycles. The number of likely N-dealkylation sites (tertiary alicyclic amines) is 1. The van der Waals surface area contributed by atoms with Crippen LogP contribution in [0.1, 0.15) is 37.1 Å². The van der Waals surface area contributed by atoms with Gasteiger partial charge in [0.1, 0.15) is 11.8 Å². The molecule has 1 amide bonds. The van der Waals surface area contributed by atoms with E-state index in [1.807, 2.05) is 36.4 Å². The second kappa shape index (κ2) is 7.25. The lowest BCUT2D eigenvalue weighted by Gasteiger charge is -2.23. The second-order valence-corrected chi connectivity index (χ2v) is 7.59. The summed E-state index contributed by atoms with van der Waals surface area (Å²) < 4.78 is 5.59. The normalized spacial score (nSPS) is 23.5. The number of carbonyl (C=O) groups excluding carboxylic acids is 1. The summed E-state index contributed by atoms with van der Waals surface area (Å²) in [6.07, 6.45) is 3.42. The van der Waals surface area contributed by atoms with Crippen molar-refractivity contribution in [1.29, 1.82) is 0 Å². The van der Waals surface area contributed by atoms with E-state index >= 15 is 0 Å². The lowest BCUT2D eigenvalue weighted by Crippen LogP contribution is -2.37. The van der Waals surface area contributed by atoms with Crippen LogP contribution >= 0.6 is 11.6 Å². The summed E-state index contributed by atoms with van der Waals surface area (Å²) >= 11 is 5.99. The Morgan fingerprint density at radius 2 is 2.12 bits per heavy atom. The van der Waals surface area contributed by atoms with Gasteiger partial charge in [0, 0.05) is 18.0 Å². The molecule has 0 saturated carbocycles. The van der Waals surface area contributed by atoms with Crippen molar-refractivity contribution in [1.82, 2.24) is 9.91 Å². The van der Waals surface area contributed by atoms with Gasteiger partial charge in [0.15, 0.2) is 0 Å². The van der Waals surface area contributed by atoms with Gasteiger partial charge in [-0.05, 0) is 48.7 Å². The number of halogens is 1. The van der Waals surface area contributed by atoms with Gasteiger partial charge >= 0.3 is 0 Å². The first kappa shape index (κ1) is 17.3. The molecule has 2 aromatic rings. The molecule has 5 nitrogen and oxygen atoms in total. The van der Waals surface area contributed by atoms with Gasteiger partial charge in [-0.25, -0.2) is 5.01 Å². The number of hydrazone groups is 1. The van der Waals surface area contributed by atoms with Gasteiger partial charge in [0.05, 0.1) is 18.5 Å². The molecule has 2 unspecified atom stereocenters. The van der Waals surface area contributed by atoms with E-state index in [0.29, 0.717) is 23.9 Å². The van der Waals surface area contributed by atoms with E-state index in [2.05, 4.69) is 16.9 Å². The molecule has 2 atom stereocenters. The first-order chi connectivity index (χ1) is 12.6. The van der Waals surface area contributed by atoms with Gasteiger partial charge in [-0.15, -0.1) is 0 Å². The highest BCUT2D eigenvalue weighted by atomic mass is 35.5. The van der Waals surface area contributed by atoms with Gasteiger partial charge < -0.3 is 4.42 Å². The fraction of sp³-hybridized carbons (Fsp3) is 0.400. The summed E-state index contributed by atoms with van der Waals surface area (Å²) in [5.74, 6) is 1.43. The van der Waals surface area contributed by atoms with E-state index in [-0.39, 0.29) is 11.9 Å². The highest BCUT2D eigenvalue weighted by Crippen LogP contribution is 2.33. The Labute approximate surface area is 158 Å². The zero-order chi connectivity index (χ0) is 18.1. The van der Waals surface area contributed by atoms with E-state index < -0.39 is 0 Å². The fourth-order valence-electron chi connectivity index (χ4n) is 3.69. The largest absolute Gasteiger partial charge is 0.467 e. The molecule has 6 heteroatoms. The van der Waals surface area contributed by atoms with Crippen LogP contribution in [-0.4, -0.2) is 41.2 Å². The summed E-state index contributed by atoms with van der Waals surface area (Å²) in [7, 11) is 0. The van der Waals surface area contributed by atoms with E-state index in [4.69, 9.17) is 16.0 Å². The van der Waals surface area contributed by atoms with Gasteiger partial charge in [0.2, 0.25) is 0 Å². The first-order valence-electron chi connectivity index (χ1n) is 9.01. The molecule has 0 bridgehead atoms. The fourth-order valence-corrected chi connectivity index (χ4v) is 3.82. The molecule has 4 rings (SSSR count). The van der Waals surface area contributed by atoms with Crippen molar-refractivity contribution in [2.24, 2.45) is 11.0 Å². The van der Waals surface area contributed by atoms with Gasteiger partial charge in [-0.2, -0.15) is 5.10 Å². The summed E-state index contributed by atoms with van der Waals surface area (Å²) in [5.41, 5.74) is 1.86. The number of benzene rings is 1. The van der Waals surface area contributed by atoms with Crippen LogP contribution in [0.2, 0.25) is 5.02 Å². The van der Waals surface area contributed by atoms with Crippen molar-refractivity contribution in [2.75, 3.05) is 19.6 Å². The Bertz CT molecular complexity index is 801. The molecule has 1 aromatic heterocycles. The molecule has 1 aromatic carbocycles. The predicted molar refractivity (Wildman–Crippen MR) is 101 cm³/mol. The minimum Gasteiger partial charge on any atom is -0.467 e. The molecule has 136 valence electrons. The van der Waals surface area contributed by atoms with Crippen molar-refractivity contribution >= 4 is 23.2 Å². The van der Waals surface area contributed by atoms with Crippen molar-refractivity contribution in [3.63, 3.8) is 0 Å². The van der Waals surface area contributed by atoms with Crippen molar-refractivity contribution in [3.8, 4) is 0 Å². The van der Waals surface area contributed by atoms with E-state index in [1.165, 1.54) is 0 Å². The SMILES string of the molecule is CC1CCN(CC(=O)N2N=C(c3ccc(Cl)cc3)CC2c2ccco2)C1. The van der Waals surface area contributed by atoms with Crippen LogP contribution in [0.3, 0.4) is 0 Å². The summed E-state index contributed by atoms with van der Waals surface area (Å²) in [6.45, 7) is 4.57. The zero-order valence-corrected chi connectivity index (χ0v) is 15.5. The number of amides is 1. The maximum atomic E-state index is 13.0. The summed E-state index contributed by atoms with van der Waals surface area (Å²) in [6, 6.07) is 11.1. The van der Waals surface area contributed by atoms with Crippen LogP contribution in [0.4, 0.5) is 0 Å². The van der Waals surface area contributed by atoms with Crippen LogP contribution in [0.5, 0.6) is 0 Å². The Morgan fingerprint density at radius 3 is 2.77 bits per heavy atom. The van der Waals surface area contributed by atoms with E-state index in [9.17, 15) is 4.79 Å². The molecule has 0 spiro atoms. The van der Waals surface area contributed by atoms with Gasteiger partial charge in [0.25, 0.3) is 5.91 Å². The third-order valence-electron chi connectivity index (χ3n) is 5.08. The molecule has 26 heavy (non-hydrogen) atoms. The number of carbonyl (C=O) groups is 1. The Kier molecular flexibility index (Phi) is 4.83. The third-order valence-corrected chi connectivity index (χ3v) is 5.33. The lowest BCUT2D eigenvalue weighted by molar-refractivity contribution is -0.134. The van der Waals surface area contributed by atoms with Crippen LogP contribution < -0.4 is 0 Å². The maximum Gasteiger partial charge on any atom is 0.257 e. The van der Waals surface area contributed by atoms with E-state index in [1.54, 1.807) is 11.3 Å². The van der Waals surface area contributed by atoms with Crippen molar-refractivity contribution in [3.05, 3.63) is 59.0 Å².